The third-order valence-corrected chi connectivity index (χ3v) is 5.04. The molecule has 0 amide bonds. The molecule has 0 fully saturated rings. The van der Waals surface area contributed by atoms with Crippen molar-refractivity contribution in [2.24, 2.45) is 5.73 Å². The van der Waals surface area contributed by atoms with Gasteiger partial charge in [-0.05, 0) is 12.1 Å². The standard InChI is InChI=1S/C21H21N3O5/c1-24(2)11-5-6-12-15(7-11)29-21(23)14(9-22)17(12)13-8-16-19(28-10-27-16)20(26-4)18(13)25-3/h5-8,17H,10,23H2,1-4H3/t17-/m1/s1. The van der Waals surface area contributed by atoms with Crippen molar-refractivity contribution in [1.82, 2.24) is 0 Å². The highest BCUT2D eigenvalue weighted by molar-refractivity contribution is 5.69. The van der Waals surface area contributed by atoms with Crippen molar-refractivity contribution in [1.29, 1.82) is 5.26 Å². The molecule has 2 aliphatic heterocycles. The first-order valence-electron chi connectivity index (χ1n) is 8.93. The first-order chi connectivity index (χ1) is 14.0. The fourth-order valence-electron chi connectivity index (χ4n) is 3.67. The molecule has 0 aromatic heterocycles. The zero-order chi connectivity index (χ0) is 20.7. The monoisotopic (exact) mass is 395 g/mol. The Morgan fingerprint density at radius 1 is 1.07 bits per heavy atom. The van der Waals surface area contributed by atoms with Gasteiger partial charge in [-0.1, -0.05) is 6.07 Å². The molecule has 2 heterocycles. The minimum atomic E-state index is -0.515. The van der Waals surface area contributed by atoms with Gasteiger partial charge in [0.2, 0.25) is 24.2 Å². The van der Waals surface area contributed by atoms with Gasteiger partial charge in [0, 0.05) is 37.0 Å². The molecule has 0 radical (unpaired) electrons. The summed E-state index contributed by atoms with van der Waals surface area (Å²) >= 11 is 0. The first kappa shape index (κ1) is 18.6. The summed E-state index contributed by atoms with van der Waals surface area (Å²) in [6.45, 7) is 0.0813. The van der Waals surface area contributed by atoms with Crippen LogP contribution in [0.3, 0.4) is 0 Å². The number of nitrogens with two attached hydrogens (primary N) is 1. The van der Waals surface area contributed by atoms with Gasteiger partial charge in [0.1, 0.15) is 17.4 Å². The minimum Gasteiger partial charge on any atom is -0.492 e. The van der Waals surface area contributed by atoms with E-state index < -0.39 is 5.92 Å². The average molecular weight is 395 g/mol. The number of anilines is 1. The second-order valence-electron chi connectivity index (χ2n) is 6.81. The number of ether oxygens (including phenoxy) is 5. The van der Waals surface area contributed by atoms with Gasteiger partial charge in [0.15, 0.2) is 11.5 Å². The zero-order valence-electron chi connectivity index (χ0n) is 16.6. The largest absolute Gasteiger partial charge is 0.492 e. The quantitative estimate of drug-likeness (QED) is 0.844. The number of fused-ring (bicyclic) bond motifs is 2. The van der Waals surface area contributed by atoms with E-state index in [-0.39, 0.29) is 18.2 Å². The summed E-state index contributed by atoms with van der Waals surface area (Å²) in [7, 11) is 6.94. The lowest BCUT2D eigenvalue weighted by atomic mass is 9.82. The van der Waals surface area contributed by atoms with Crippen LogP contribution in [0.5, 0.6) is 28.7 Å². The lowest BCUT2D eigenvalue weighted by molar-refractivity contribution is 0.170. The number of methoxy groups -OCH3 is 2. The van der Waals surface area contributed by atoms with Gasteiger partial charge >= 0.3 is 0 Å². The Bertz CT molecular complexity index is 1060. The molecule has 8 heteroatoms. The molecular formula is C21H21N3O5. The molecule has 0 unspecified atom stereocenters. The van der Waals surface area contributed by atoms with Crippen molar-refractivity contribution in [2.75, 3.05) is 40.0 Å². The van der Waals surface area contributed by atoms with E-state index in [0.29, 0.717) is 34.3 Å². The van der Waals surface area contributed by atoms with Crippen molar-refractivity contribution in [3.05, 3.63) is 46.8 Å². The van der Waals surface area contributed by atoms with Crippen molar-refractivity contribution in [2.45, 2.75) is 5.92 Å². The Morgan fingerprint density at radius 3 is 2.48 bits per heavy atom. The van der Waals surface area contributed by atoms with Gasteiger partial charge in [-0.25, -0.2) is 0 Å². The molecule has 1 atom stereocenters. The minimum absolute atomic E-state index is 0.0552. The Hall–Kier alpha value is -3.73. The van der Waals surface area contributed by atoms with Gasteiger partial charge in [0.05, 0.1) is 20.1 Å². The first-order valence-corrected chi connectivity index (χ1v) is 8.93. The lowest BCUT2D eigenvalue weighted by Crippen LogP contribution is -2.22. The van der Waals surface area contributed by atoms with E-state index in [9.17, 15) is 5.26 Å². The highest BCUT2D eigenvalue weighted by Gasteiger charge is 2.36. The second kappa shape index (κ2) is 7.02. The molecule has 4 rings (SSSR count). The third-order valence-electron chi connectivity index (χ3n) is 5.04. The Labute approximate surface area is 168 Å². The summed E-state index contributed by atoms with van der Waals surface area (Å²) in [6, 6.07) is 9.76. The lowest BCUT2D eigenvalue weighted by Gasteiger charge is -2.29. The number of benzene rings is 2. The van der Waals surface area contributed by atoms with E-state index in [1.54, 1.807) is 6.07 Å². The fraction of sp³-hybridized carbons (Fsp3) is 0.286. The summed E-state index contributed by atoms with van der Waals surface area (Å²) < 4.78 is 28.1. The van der Waals surface area contributed by atoms with Crippen LogP contribution in [0.15, 0.2) is 35.7 Å². The Kier molecular flexibility index (Phi) is 4.51. The van der Waals surface area contributed by atoms with E-state index in [2.05, 4.69) is 6.07 Å². The summed E-state index contributed by atoms with van der Waals surface area (Å²) in [5, 5.41) is 9.84. The number of hydrogen-bond acceptors (Lipinski definition) is 8. The summed E-state index contributed by atoms with van der Waals surface area (Å²) in [5.41, 5.74) is 8.83. The highest BCUT2D eigenvalue weighted by Crippen LogP contribution is 2.54. The molecule has 29 heavy (non-hydrogen) atoms. The van der Waals surface area contributed by atoms with Crippen molar-refractivity contribution >= 4 is 5.69 Å². The van der Waals surface area contributed by atoms with Crippen LogP contribution in [0.1, 0.15) is 17.0 Å². The summed E-state index contributed by atoms with van der Waals surface area (Å²) in [6.07, 6.45) is 0. The summed E-state index contributed by atoms with van der Waals surface area (Å²) in [5.74, 6) is 1.97. The Morgan fingerprint density at radius 2 is 1.83 bits per heavy atom. The maximum Gasteiger partial charge on any atom is 0.231 e. The fourth-order valence-corrected chi connectivity index (χ4v) is 3.67. The van der Waals surface area contributed by atoms with Crippen LogP contribution >= 0.6 is 0 Å². The van der Waals surface area contributed by atoms with Gasteiger partial charge in [-0.3, -0.25) is 0 Å². The molecule has 2 aliphatic rings. The van der Waals surface area contributed by atoms with Gasteiger partial charge in [-0.15, -0.1) is 0 Å². The van der Waals surface area contributed by atoms with Crippen LogP contribution in [-0.4, -0.2) is 35.1 Å². The van der Waals surface area contributed by atoms with Crippen LogP contribution < -0.4 is 34.3 Å². The average Bonchev–Trinajstić information content (AvgIpc) is 3.18. The van der Waals surface area contributed by atoms with Gasteiger partial charge in [0.25, 0.3) is 0 Å². The molecule has 0 saturated heterocycles. The molecule has 2 aromatic carbocycles. The van der Waals surface area contributed by atoms with E-state index in [1.165, 1.54) is 14.2 Å². The molecule has 0 saturated carbocycles. The molecule has 0 aliphatic carbocycles. The number of hydrogen-bond donors (Lipinski definition) is 1. The van der Waals surface area contributed by atoms with Crippen LogP contribution in [0.25, 0.3) is 0 Å². The van der Waals surface area contributed by atoms with Crippen LogP contribution in [-0.2, 0) is 0 Å². The number of allylic oxidation sites excluding steroid dienone is 1. The highest BCUT2D eigenvalue weighted by atomic mass is 16.7. The van der Waals surface area contributed by atoms with E-state index in [0.717, 1.165) is 11.3 Å². The summed E-state index contributed by atoms with van der Waals surface area (Å²) in [4.78, 5) is 1.96. The molecule has 0 spiro atoms. The SMILES string of the molecule is COc1c([C@@H]2C(C#N)=C(N)Oc3cc(N(C)C)ccc32)cc2c(c1OC)OCO2. The van der Waals surface area contributed by atoms with E-state index in [4.69, 9.17) is 29.4 Å². The molecular weight excluding hydrogens is 374 g/mol. The van der Waals surface area contributed by atoms with Crippen LogP contribution in [0, 0.1) is 11.3 Å². The third kappa shape index (κ3) is 2.83. The van der Waals surface area contributed by atoms with Crippen molar-refractivity contribution < 1.29 is 23.7 Å². The molecule has 2 aromatic rings. The second-order valence-corrected chi connectivity index (χ2v) is 6.81. The number of rotatable bonds is 4. The maximum atomic E-state index is 9.84. The van der Waals surface area contributed by atoms with E-state index in [1.807, 2.05) is 37.2 Å². The van der Waals surface area contributed by atoms with Crippen molar-refractivity contribution in [3.63, 3.8) is 0 Å². The van der Waals surface area contributed by atoms with Crippen LogP contribution in [0.2, 0.25) is 0 Å². The zero-order valence-corrected chi connectivity index (χ0v) is 16.6. The molecule has 0 bridgehead atoms. The number of nitrogens with zero attached hydrogens (tertiary/aromatic N) is 2. The predicted octanol–water partition coefficient (Wildman–Crippen LogP) is 2.72. The molecule has 150 valence electrons. The van der Waals surface area contributed by atoms with Crippen molar-refractivity contribution in [3.8, 4) is 34.8 Å². The van der Waals surface area contributed by atoms with Gasteiger partial charge < -0.3 is 34.3 Å². The maximum absolute atomic E-state index is 9.84. The number of nitriles is 1. The van der Waals surface area contributed by atoms with Gasteiger partial charge in [-0.2, -0.15) is 5.26 Å². The molecule has 2 N–H and O–H groups in total. The van der Waals surface area contributed by atoms with E-state index >= 15 is 0 Å². The molecule has 8 nitrogen and oxygen atoms in total. The topological polar surface area (TPSA) is 99.2 Å². The normalized spacial score (nSPS) is 16.6. The Balaban J connectivity index is 1.98. The predicted molar refractivity (Wildman–Crippen MR) is 106 cm³/mol. The van der Waals surface area contributed by atoms with Crippen LogP contribution in [0.4, 0.5) is 5.69 Å². The smallest absolute Gasteiger partial charge is 0.231 e.